The molecule has 56 valence electrons. The average molecular weight is 140 g/mol. The van der Waals surface area contributed by atoms with Gasteiger partial charge >= 0.3 is 0 Å². The predicted octanol–water partition coefficient (Wildman–Crippen LogP) is 1.59. The Kier molecular flexibility index (Phi) is 1.50. The van der Waals surface area contributed by atoms with Crippen LogP contribution >= 0.6 is 0 Å². The van der Waals surface area contributed by atoms with Gasteiger partial charge in [0.05, 0.1) is 0 Å². The molecule has 0 saturated carbocycles. The number of hydrogen-bond acceptors (Lipinski definition) is 3. The quantitative estimate of drug-likeness (QED) is 0.503. The minimum Gasteiger partial charge on any atom is -0.430 e. The van der Waals surface area contributed by atoms with E-state index in [2.05, 4.69) is 9.98 Å². The van der Waals surface area contributed by atoms with Crippen LogP contribution in [0.15, 0.2) is 9.98 Å². The molecule has 0 radical (unpaired) electrons. The van der Waals surface area contributed by atoms with Crippen LogP contribution in [0.4, 0.5) is 0 Å². The Bertz CT molecular complexity index is 184. The van der Waals surface area contributed by atoms with E-state index >= 15 is 0 Å². The molecule has 0 spiro atoms. The average Bonchev–Trinajstić information content (AvgIpc) is 1.54. The first-order chi connectivity index (χ1) is 4.49. The van der Waals surface area contributed by atoms with E-state index in [9.17, 15) is 0 Å². The molecule has 0 saturated heterocycles. The molecule has 0 unspecified atom stereocenters. The van der Waals surface area contributed by atoms with E-state index in [1.54, 1.807) is 0 Å². The number of rotatable bonds is 0. The van der Waals surface area contributed by atoms with Gasteiger partial charge in [-0.3, -0.25) is 0 Å². The van der Waals surface area contributed by atoms with Gasteiger partial charge in [0.1, 0.15) is 0 Å². The van der Waals surface area contributed by atoms with Crippen molar-refractivity contribution in [3.05, 3.63) is 0 Å². The van der Waals surface area contributed by atoms with Crippen LogP contribution in [0.3, 0.4) is 0 Å². The molecule has 0 amide bonds. The Morgan fingerprint density at radius 2 is 1.50 bits per heavy atom. The summed E-state index contributed by atoms with van der Waals surface area (Å²) in [6.45, 7) is 7.56. The largest absolute Gasteiger partial charge is 0.430 e. The Morgan fingerprint density at radius 1 is 1.10 bits per heavy atom. The number of hydrogen-bond donors (Lipinski definition) is 0. The van der Waals surface area contributed by atoms with Gasteiger partial charge in [-0.05, 0) is 13.8 Å². The second-order valence-electron chi connectivity index (χ2n) is 2.86. The van der Waals surface area contributed by atoms with Crippen LogP contribution in [0.5, 0.6) is 0 Å². The first-order valence-corrected chi connectivity index (χ1v) is 3.30. The summed E-state index contributed by atoms with van der Waals surface area (Å²) in [6.07, 6.45) is 0. The second-order valence-corrected chi connectivity index (χ2v) is 2.86. The van der Waals surface area contributed by atoms with E-state index in [0.29, 0.717) is 11.8 Å². The van der Waals surface area contributed by atoms with E-state index in [4.69, 9.17) is 4.74 Å². The Balaban J connectivity index is 2.88. The maximum atomic E-state index is 5.12. The van der Waals surface area contributed by atoms with Crippen molar-refractivity contribution in [2.45, 2.75) is 33.4 Å². The predicted molar refractivity (Wildman–Crippen MR) is 41.4 cm³/mol. The molecule has 0 atom stereocenters. The summed E-state index contributed by atoms with van der Waals surface area (Å²) in [5.41, 5.74) is -0.327. The van der Waals surface area contributed by atoms with Crippen molar-refractivity contribution in [2.24, 2.45) is 9.98 Å². The maximum Gasteiger partial charge on any atom is 0.191 e. The van der Waals surface area contributed by atoms with Crippen molar-refractivity contribution >= 4 is 11.8 Å². The topological polar surface area (TPSA) is 34.0 Å². The van der Waals surface area contributed by atoms with Gasteiger partial charge < -0.3 is 4.74 Å². The van der Waals surface area contributed by atoms with Crippen molar-refractivity contribution in [3.8, 4) is 0 Å². The Morgan fingerprint density at radius 3 is 1.80 bits per heavy atom. The lowest BCUT2D eigenvalue weighted by Crippen LogP contribution is -2.25. The highest BCUT2D eigenvalue weighted by molar-refractivity contribution is 5.90. The lowest BCUT2D eigenvalue weighted by molar-refractivity contribution is 0.436. The zero-order valence-corrected chi connectivity index (χ0v) is 6.80. The van der Waals surface area contributed by atoms with Gasteiger partial charge in [-0.2, -0.15) is 0 Å². The molecule has 1 heterocycles. The van der Waals surface area contributed by atoms with Crippen LogP contribution in [0.1, 0.15) is 27.7 Å². The standard InChI is InChI=1S/C7H12N2O/c1-5-8-7(3,4)9-6(2)10-5/h1-4H3. The minimum absolute atomic E-state index is 0.327. The molecule has 0 bridgehead atoms. The monoisotopic (exact) mass is 140 g/mol. The molecule has 0 fully saturated rings. The van der Waals surface area contributed by atoms with Crippen LogP contribution in [-0.2, 0) is 4.74 Å². The molecule has 0 aromatic rings. The van der Waals surface area contributed by atoms with Crippen LogP contribution in [0, 0.1) is 0 Å². The highest BCUT2D eigenvalue weighted by atomic mass is 16.5. The molecule has 3 heteroatoms. The Hall–Kier alpha value is -0.860. The van der Waals surface area contributed by atoms with E-state index in [0.717, 1.165) is 0 Å². The second kappa shape index (κ2) is 2.08. The van der Waals surface area contributed by atoms with E-state index in [1.165, 1.54) is 0 Å². The third kappa shape index (κ3) is 1.56. The van der Waals surface area contributed by atoms with Gasteiger partial charge in [0.15, 0.2) is 17.5 Å². The van der Waals surface area contributed by atoms with Gasteiger partial charge in [-0.15, -0.1) is 0 Å². The number of aliphatic imine (C=N–C) groups is 2. The van der Waals surface area contributed by atoms with Crippen LogP contribution in [-0.4, -0.2) is 17.5 Å². The highest BCUT2D eigenvalue weighted by Gasteiger charge is 2.19. The molecule has 0 aliphatic carbocycles. The van der Waals surface area contributed by atoms with Crippen molar-refractivity contribution in [1.29, 1.82) is 0 Å². The fourth-order valence-corrected chi connectivity index (χ4v) is 1.06. The van der Waals surface area contributed by atoms with Crippen molar-refractivity contribution in [1.82, 2.24) is 0 Å². The lowest BCUT2D eigenvalue weighted by Gasteiger charge is -2.21. The lowest BCUT2D eigenvalue weighted by atomic mass is 10.2. The molecule has 3 nitrogen and oxygen atoms in total. The first kappa shape index (κ1) is 7.25. The number of ether oxygens (including phenoxy) is 1. The Labute approximate surface area is 60.8 Å². The van der Waals surface area contributed by atoms with Crippen LogP contribution < -0.4 is 0 Å². The summed E-state index contributed by atoms with van der Waals surface area (Å²) in [5.74, 6) is 1.38. The normalized spacial score (nSPS) is 22.8. The van der Waals surface area contributed by atoms with Gasteiger partial charge in [-0.1, -0.05) is 0 Å². The van der Waals surface area contributed by atoms with E-state index in [1.807, 2.05) is 27.7 Å². The summed E-state index contributed by atoms with van der Waals surface area (Å²) < 4.78 is 5.12. The zero-order chi connectivity index (χ0) is 7.78. The highest BCUT2D eigenvalue weighted by Crippen LogP contribution is 2.15. The van der Waals surface area contributed by atoms with E-state index < -0.39 is 0 Å². The molecule has 0 aromatic carbocycles. The molecule has 0 N–H and O–H groups in total. The van der Waals surface area contributed by atoms with E-state index in [-0.39, 0.29) is 5.66 Å². The molecule has 0 aromatic heterocycles. The minimum atomic E-state index is -0.327. The van der Waals surface area contributed by atoms with Crippen molar-refractivity contribution in [2.75, 3.05) is 0 Å². The molecular weight excluding hydrogens is 128 g/mol. The molecule has 1 aliphatic rings. The summed E-state index contributed by atoms with van der Waals surface area (Å²) in [7, 11) is 0. The zero-order valence-electron chi connectivity index (χ0n) is 6.80. The van der Waals surface area contributed by atoms with Crippen LogP contribution in [0.2, 0.25) is 0 Å². The summed E-state index contributed by atoms with van der Waals surface area (Å²) >= 11 is 0. The summed E-state index contributed by atoms with van der Waals surface area (Å²) in [6, 6.07) is 0. The third-order valence-corrected chi connectivity index (χ3v) is 1.16. The molecule has 1 rings (SSSR count). The molecule has 1 aliphatic heterocycles. The van der Waals surface area contributed by atoms with Crippen molar-refractivity contribution in [3.63, 3.8) is 0 Å². The smallest absolute Gasteiger partial charge is 0.191 e. The fraction of sp³-hybridized carbons (Fsp3) is 0.714. The summed E-state index contributed by atoms with van der Waals surface area (Å²) in [4.78, 5) is 8.34. The molecule has 10 heavy (non-hydrogen) atoms. The van der Waals surface area contributed by atoms with Gasteiger partial charge in [0.25, 0.3) is 0 Å². The van der Waals surface area contributed by atoms with Gasteiger partial charge in [0.2, 0.25) is 0 Å². The number of nitrogens with zero attached hydrogens (tertiary/aromatic N) is 2. The SMILES string of the molecule is CC1=NC(C)(C)N=C(C)O1. The van der Waals surface area contributed by atoms with Gasteiger partial charge in [0, 0.05) is 13.8 Å². The van der Waals surface area contributed by atoms with Gasteiger partial charge in [-0.25, -0.2) is 9.98 Å². The summed E-state index contributed by atoms with van der Waals surface area (Å²) in [5, 5.41) is 0. The van der Waals surface area contributed by atoms with Crippen LogP contribution in [0.25, 0.3) is 0 Å². The van der Waals surface area contributed by atoms with Crippen molar-refractivity contribution < 1.29 is 4.74 Å². The fourth-order valence-electron chi connectivity index (χ4n) is 1.06. The molecular formula is C7H12N2O. The first-order valence-electron chi connectivity index (χ1n) is 3.30. The third-order valence-electron chi connectivity index (χ3n) is 1.16. The maximum absolute atomic E-state index is 5.12.